The first-order chi connectivity index (χ1) is 5.42. The predicted molar refractivity (Wildman–Crippen MR) is 37.8 cm³/mol. The molecule has 0 bridgehead atoms. The molecule has 0 aromatic rings. The van der Waals surface area contributed by atoms with E-state index in [0.717, 1.165) is 4.90 Å². The lowest BCUT2D eigenvalue weighted by Crippen LogP contribution is -2.37. The summed E-state index contributed by atoms with van der Waals surface area (Å²) in [4.78, 5) is 12.0. The number of carbonyl (C=O) groups is 1. The van der Waals surface area contributed by atoms with Crippen molar-refractivity contribution in [1.82, 2.24) is 4.90 Å². The van der Waals surface area contributed by atoms with Gasteiger partial charge in [-0.25, -0.2) is 8.78 Å². The summed E-state index contributed by atoms with van der Waals surface area (Å²) >= 11 is 0. The van der Waals surface area contributed by atoms with Gasteiger partial charge in [0, 0.05) is 13.0 Å². The number of aliphatic hydroxyl groups is 1. The first-order valence-electron chi connectivity index (χ1n) is 3.77. The zero-order valence-electron chi connectivity index (χ0n) is 6.76. The fourth-order valence-electron chi connectivity index (χ4n) is 1.19. The van der Waals surface area contributed by atoms with Crippen LogP contribution in [0.25, 0.3) is 0 Å². The van der Waals surface area contributed by atoms with Crippen molar-refractivity contribution in [2.75, 3.05) is 13.1 Å². The van der Waals surface area contributed by atoms with Crippen molar-refractivity contribution in [1.29, 1.82) is 0 Å². The monoisotopic (exact) mass is 179 g/mol. The molecule has 70 valence electrons. The van der Waals surface area contributed by atoms with Crippen LogP contribution >= 0.6 is 0 Å². The Morgan fingerprint density at radius 3 is 2.58 bits per heavy atom. The van der Waals surface area contributed by atoms with Crippen LogP contribution in [-0.2, 0) is 4.79 Å². The van der Waals surface area contributed by atoms with Crippen molar-refractivity contribution in [3.63, 3.8) is 0 Å². The third-order valence-electron chi connectivity index (χ3n) is 1.84. The lowest BCUT2D eigenvalue weighted by molar-refractivity contribution is -0.139. The summed E-state index contributed by atoms with van der Waals surface area (Å²) in [6, 6.07) is 0. The van der Waals surface area contributed by atoms with Gasteiger partial charge in [0.2, 0.25) is 0 Å². The number of halogens is 2. The van der Waals surface area contributed by atoms with Crippen molar-refractivity contribution < 1.29 is 18.7 Å². The molecule has 3 nitrogen and oxygen atoms in total. The van der Waals surface area contributed by atoms with E-state index in [-0.39, 0.29) is 13.0 Å². The Balaban J connectivity index is 2.53. The molecule has 12 heavy (non-hydrogen) atoms. The second-order valence-electron chi connectivity index (χ2n) is 3.04. The van der Waals surface area contributed by atoms with Gasteiger partial charge in [0.15, 0.2) is 0 Å². The normalized spacial score (nSPS) is 24.2. The minimum absolute atomic E-state index is 0.0384. The van der Waals surface area contributed by atoms with Gasteiger partial charge in [-0.15, -0.1) is 0 Å². The van der Waals surface area contributed by atoms with Crippen LogP contribution in [0.5, 0.6) is 0 Å². The fourth-order valence-corrected chi connectivity index (χ4v) is 1.19. The highest BCUT2D eigenvalue weighted by Crippen LogP contribution is 2.26. The molecule has 1 atom stereocenters. The molecule has 0 saturated carbocycles. The topological polar surface area (TPSA) is 40.5 Å². The first kappa shape index (κ1) is 9.38. The Kier molecular flexibility index (Phi) is 2.32. The van der Waals surface area contributed by atoms with Gasteiger partial charge >= 0.3 is 0 Å². The average molecular weight is 179 g/mol. The van der Waals surface area contributed by atoms with E-state index in [2.05, 4.69) is 0 Å². The summed E-state index contributed by atoms with van der Waals surface area (Å²) in [7, 11) is 0. The standard InChI is InChI=1S/C7H11F2NO2/c1-5(11)6(12)10-3-2-7(8,9)4-10/h5,11H,2-4H2,1H3/t5-/m1/s1. The molecule has 1 aliphatic rings. The van der Waals surface area contributed by atoms with Gasteiger partial charge in [0.1, 0.15) is 6.10 Å². The summed E-state index contributed by atoms with van der Waals surface area (Å²) in [6.45, 7) is 0.756. The van der Waals surface area contributed by atoms with Crippen LogP contribution in [0.4, 0.5) is 8.78 Å². The van der Waals surface area contributed by atoms with Crippen LogP contribution < -0.4 is 0 Å². The Morgan fingerprint density at radius 1 is 1.67 bits per heavy atom. The minimum atomic E-state index is -2.77. The second-order valence-corrected chi connectivity index (χ2v) is 3.04. The molecule has 1 rings (SSSR count). The second kappa shape index (κ2) is 2.97. The molecule has 0 spiro atoms. The SMILES string of the molecule is C[C@@H](O)C(=O)N1CCC(F)(F)C1. The number of alkyl halides is 2. The molecule has 0 radical (unpaired) electrons. The van der Waals surface area contributed by atoms with Crippen molar-refractivity contribution in [3.8, 4) is 0 Å². The van der Waals surface area contributed by atoms with Crippen molar-refractivity contribution in [3.05, 3.63) is 0 Å². The Hall–Kier alpha value is -0.710. The summed E-state index contributed by atoms with van der Waals surface area (Å²) in [5.74, 6) is -3.39. The van der Waals surface area contributed by atoms with E-state index < -0.39 is 24.5 Å². The van der Waals surface area contributed by atoms with Gasteiger partial charge in [-0.3, -0.25) is 4.79 Å². The third-order valence-corrected chi connectivity index (χ3v) is 1.84. The fraction of sp³-hybridized carbons (Fsp3) is 0.857. The molecular weight excluding hydrogens is 168 g/mol. The number of carbonyl (C=O) groups excluding carboxylic acids is 1. The quantitative estimate of drug-likeness (QED) is 0.626. The van der Waals surface area contributed by atoms with Crippen molar-refractivity contribution in [2.45, 2.75) is 25.4 Å². The highest BCUT2D eigenvalue weighted by molar-refractivity contribution is 5.80. The molecule has 1 fully saturated rings. The Bertz CT molecular complexity index is 194. The van der Waals surface area contributed by atoms with E-state index in [1.54, 1.807) is 0 Å². The largest absolute Gasteiger partial charge is 0.384 e. The molecule has 1 amide bonds. The van der Waals surface area contributed by atoms with Crippen molar-refractivity contribution >= 4 is 5.91 Å². The molecule has 1 aliphatic heterocycles. The maximum absolute atomic E-state index is 12.5. The molecule has 0 aromatic carbocycles. The number of likely N-dealkylation sites (tertiary alicyclic amines) is 1. The molecule has 0 aromatic heterocycles. The summed E-state index contributed by atoms with van der Waals surface area (Å²) in [5.41, 5.74) is 0. The van der Waals surface area contributed by atoms with Crippen LogP contribution in [-0.4, -0.2) is 41.0 Å². The van der Waals surface area contributed by atoms with Gasteiger partial charge in [-0.1, -0.05) is 0 Å². The Labute approximate surface area is 69.0 Å². The van der Waals surface area contributed by atoms with Gasteiger partial charge in [0.25, 0.3) is 11.8 Å². The van der Waals surface area contributed by atoms with E-state index in [9.17, 15) is 13.6 Å². The molecule has 1 heterocycles. The van der Waals surface area contributed by atoms with Gasteiger partial charge < -0.3 is 10.0 Å². The molecule has 1 N–H and O–H groups in total. The van der Waals surface area contributed by atoms with E-state index >= 15 is 0 Å². The molecule has 5 heteroatoms. The average Bonchev–Trinajstić information content (AvgIpc) is 2.28. The third kappa shape index (κ3) is 1.91. The first-order valence-corrected chi connectivity index (χ1v) is 3.77. The van der Waals surface area contributed by atoms with Crippen LogP contribution in [0.3, 0.4) is 0 Å². The predicted octanol–water partition coefficient (Wildman–Crippen LogP) is 0.235. The number of rotatable bonds is 1. The lowest BCUT2D eigenvalue weighted by atomic mass is 10.3. The number of aliphatic hydroxyl groups excluding tert-OH is 1. The number of hydrogen-bond acceptors (Lipinski definition) is 2. The lowest BCUT2D eigenvalue weighted by Gasteiger charge is -2.17. The van der Waals surface area contributed by atoms with Crippen LogP contribution in [0.2, 0.25) is 0 Å². The summed E-state index contributed by atoms with van der Waals surface area (Å²) < 4.78 is 25.1. The zero-order chi connectivity index (χ0) is 9.35. The number of hydrogen-bond donors (Lipinski definition) is 1. The zero-order valence-corrected chi connectivity index (χ0v) is 6.76. The molecular formula is C7H11F2NO2. The number of amides is 1. The van der Waals surface area contributed by atoms with Gasteiger partial charge in [-0.2, -0.15) is 0 Å². The summed E-state index contributed by atoms with van der Waals surface area (Å²) in [5, 5.41) is 8.82. The minimum Gasteiger partial charge on any atom is -0.384 e. The van der Waals surface area contributed by atoms with Gasteiger partial charge in [0.05, 0.1) is 6.54 Å². The maximum atomic E-state index is 12.5. The Morgan fingerprint density at radius 2 is 2.25 bits per heavy atom. The number of nitrogens with zero attached hydrogens (tertiary/aromatic N) is 1. The van der Waals surface area contributed by atoms with Crippen LogP contribution in [0, 0.1) is 0 Å². The molecule has 0 unspecified atom stereocenters. The summed E-state index contributed by atoms with van der Waals surface area (Å²) in [6.07, 6.45) is -1.48. The smallest absolute Gasteiger partial charge is 0.267 e. The highest BCUT2D eigenvalue weighted by Gasteiger charge is 2.40. The van der Waals surface area contributed by atoms with Crippen LogP contribution in [0.15, 0.2) is 0 Å². The highest BCUT2D eigenvalue weighted by atomic mass is 19.3. The van der Waals surface area contributed by atoms with E-state index in [1.807, 2.05) is 0 Å². The van der Waals surface area contributed by atoms with Crippen LogP contribution in [0.1, 0.15) is 13.3 Å². The van der Waals surface area contributed by atoms with Gasteiger partial charge in [-0.05, 0) is 6.92 Å². The van der Waals surface area contributed by atoms with E-state index in [0.29, 0.717) is 0 Å². The van der Waals surface area contributed by atoms with E-state index in [1.165, 1.54) is 6.92 Å². The van der Waals surface area contributed by atoms with Crippen molar-refractivity contribution in [2.24, 2.45) is 0 Å². The molecule has 1 saturated heterocycles. The maximum Gasteiger partial charge on any atom is 0.267 e. The van der Waals surface area contributed by atoms with E-state index in [4.69, 9.17) is 5.11 Å². The molecule has 0 aliphatic carbocycles.